The Morgan fingerprint density at radius 1 is 0.594 bits per heavy atom. The second-order valence-corrected chi connectivity index (χ2v) is 12.5. The van der Waals surface area contributed by atoms with Crippen molar-refractivity contribution in [2.45, 2.75) is 66.2 Å². The van der Waals surface area contributed by atoms with Crippen molar-refractivity contribution in [3.63, 3.8) is 0 Å². The van der Waals surface area contributed by atoms with Gasteiger partial charge >= 0.3 is 7.94 Å². The lowest BCUT2D eigenvalue weighted by Crippen LogP contribution is -2.19. The summed E-state index contributed by atoms with van der Waals surface area (Å²) in [6.07, 6.45) is 0. The van der Waals surface area contributed by atoms with Gasteiger partial charge < -0.3 is 0 Å². The van der Waals surface area contributed by atoms with E-state index in [2.05, 4.69) is 79.7 Å². The second-order valence-electron chi connectivity index (χ2n) is 10.9. The monoisotopic (exact) mass is 451 g/mol. The van der Waals surface area contributed by atoms with Crippen LogP contribution in [0.3, 0.4) is 0 Å². The van der Waals surface area contributed by atoms with Crippen LogP contribution in [0, 0.1) is 13.8 Å². The maximum atomic E-state index is 10.4. The van der Waals surface area contributed by atoms with Crippen LogP contribution in [-0.4, -0.2) is 14.7 Å². The van der Waals surface area contributed by atoms with E-state index in [0.717, 1.165) is 27.8 Å². The first-order chi connectivity index (χ1) is 14.6. The van der Waals surface area contributed by atoms with E-state index in [1.807, 2.05) is 18.2 Å². The molecule has 0 bridgehead atoms. The molecule has 0 fully saturated rings. The van der Waals surface area contributed by atoms with Crippen molar-refractivity contribution in [3.8, 4) is 22.3 Å². The lowest BCUT2D eigenvalue weighted by Gasteiger charge is -2.28. The van der Waals surface area contributed by atoms with Crippen molar-refractivity contribution in [1.29, 1.82) is 0 Å². The summed E-state index contributed by atoms with van der Waals surface area (Å²) in [5, 5.41) is 0.185. The normalized spacial score (nSPS) is 12.8. The minimum absolute atomic E-state index is 0.112. The van der Waals surface area contributed by atoms with Crippen LogP contribution in [-0.2, 0) is 10.8 Å². The molecule has 0 unspecified atom stereocenters. The molecule has 0 saturated carbocycles. The molecule has 0 radical (unpaired) electrons. The molecule has 0 aliphatic carbocycles. The van der Waals surface area contributed by atoms with E-state index < -0.39 is 7.94 Å². The van der Waals surface area contributed by atoms with Crippen molar-refractivity contribution < 1.29 is 14.7 Å². The number of rotatable bonds is 3. The fourth-order valence-corrected chi connectivity index (χ4v) is 5.13. The SMILES string of the molecule is Cc1ccc(-c2cccc([P+](O)(O)O)c2-c2ccc(C)cc2C(C)(C)C)c(C(C)(C)C)c1. The molecule has 0 amide bonds. The Morgan fingerprint density at radius 2 is 1.06 bits per heavy atom. The van der Waals surface area contributed by atoms with E-state index in [1.54, 1.807) is 12.1 Å². The lowest BCUT2D eigenvalue weighted by atomic mass is 9.77. The van der Waals surface area contributed by atoms with E-state index in [4.69, 9.17) is 0 Å². The highest BCUT2D eigenvalue weighted by atomic mass is 31.2. The van der Waals surface area contributed by atoms with Gasteiger partial charge in [-0.05, 0) is 58.6 Å². The number of hydrogen-bond donors (Lipinski definition) is 3. The molecular formula is C28H36O3P+. The molecule has 32 heavy (non-hydrogen) atoms. The highest BCUT2D eigenvalue weighted by Crippen LogP contribution is 2.50. The summed E-state index contributed by atoms with van der Waals surface area (Å²) in [5.41, 5.74) is 7.84. The van der Waals surface area contributed by atoms with Crippen LogP contribution in [0.2, 0.25) is 0 Å². The van der Waals surface area contributed by atoms with Gasteiger partial charge in [-0.1, -0.05) is 101 Å². The fraction of sp³-hybridized carbons (Fsp3) is 0.357. The molecule has 0 aromatic heterocycles. The van der Waals surface area contributed by atoms with Gasteiger partial charge in [-0.15, -0.1) is 0 Å². The van der Waals surface area contributed by atoms with Crippen molar-refractivity contribution in [2.75, 3.05) is 0 Å². The van der Waals surface area contributed by atoms with Crippen LogP contribution >= 0.6 is 7.94 Å². The summed E-state index contributed by atoms with van der Waals surface area (Å²) in [7, 11) is -4.27. The van der Waals surface area contributed by atoms with E-state index >= 15 is 0 Å². The maximum absolute atomic E-state index is 10.4. The highest BCUT2D eigenvalue weighted by molar-refractivity contribution is 7.67. The molecule has 3 N–H and O–H groups in total. The topological polar surface area (TPSA) is 60.7 Å². The Kier molecular flexibility index (Phi) is 6.45. The first-order valence-corrected chi connectivity index (χ1v) is 12.7. The van der Waals surface area contributed by atoms with E-state index in [0.29, 0.717) is 5.56 Å². The van der Waals surface area contributed by atoms with Crippen molar-refractivity contribution in [3.05, 3.63) is 76.9 Å². The molecular weight excluding hydrogens is 415 g/mol. The average molecular weight is 452 g/mol. The fourth-order valence-electron chi connectivity index (χ4n) is 4.31. The first kappa shape index (κ1) is 24.6. The van der Waals surface area contributed by atoms with Gasteiger partial charge in [-0.3, -0.25) is 0 Å². The third-order valence-electron chi connectivity index (χ3n) is 5.89. The van der Waals surface area contributed by atoms with Crippen LogP contribution in [0.5, 0.6) is 0 Å². The average Bonchev–Trinajstić information content (AvgIpc) is 2.65. The summed E-state index contributed by atoms with van der Waals surface area (Å²) in [6.45, 7) is 17.1. The summed E-state index contributed by atoms with van der Waals surface area (Å²) in [6, 6.07) is 18.1. The van der Waals surface area contributed by atoms with Crippen molar-refractivity contribution in [2.24, 2.45) is 0 Å². The van der Waals surface area contributed by atoms with E-state index in [1.165, 1.54) is 11.1 Å². The van der Waals surface area contributed by atoms with Crippen LogP contribution in [0.4, 0.5) is 0 Å². The lowest BCUT2D eigenvalue weighted by molar-refractivity contribution is 0.347. The molecule has 0 saturated heterocycles. The minimum atomic E-state index is -4.27. The van der Waals surface area contributed by atoms with Crippen LogP contribution in [0.25, 0.3) is 22.3 Å². The molecule has 3 aromatic rings. The molecule has 0 atom stereocenters. The summed E-state index contributed by atoms with van der Waals surface area (Å²) in [4.78, 5) is 31.3. The Hall–Kier alpha value is -2.03. The summed E-state index contributed by atoms with van der Waals surface area (Å²) >= 11 is 0. The zero-order valence-corrected chi connectivity index (χ0v) is 21.4. The Bertz CT molecular complexity index is 1140. The van der Waals surface area contributed by atoms with Crippen LogP contribution in [0.15, 0.2) is 54.6 Å². The molecule has 0 spiro atoms. The Labute approximate surface area is 193 Å². The van der Waals surface area contributed by atoms with Gasteiger partial charge in [0.2, 0.25) is 0 Å². The maximum Gasteiger partial charge on any atom is 0.441 e. The zero-order valence-electron chi connectivity index (χ0n) is 20.5. The van der Waals surface area contributed by atoms with Gasteiger partial charge in [0.05, 0.1) is 0 Å². The van der Waals surface area contributed by atoms with Gasteiger partial charge in [0, 0.05) is 5.56 Å². The molecule has 3 aromatic carbocycles. The largest absolute Gasteiger partial charge is 0.441 e. The molecule has 170 valence electrons. The Morgan fingerprint density at radius 3 is 1.53 bits per heavy atom. The van der Waals surface area contributed by atoms with Gasteiger partial charge in [-0.25, -0.2) is 0 Å². The minimum Gasteiger partial charge on any atom is -0.189 e. The van der Waals surface area contributed by atoms with Crippen molar-refractivity contribution >= 4 is 13.2 Å². The van der Waals surface area contributed by atoms with Crippen molar-refractivity contribution in [1.82, 2.24) is 0 Å². The number of aryl methyl sites for hydroxylation is 2. The molecule has 0 heterocycles. The number of hydrogen-bond acceptors (Lipinski definition) is 3. The second kappa shape index (κ2) is 8.39. The molecule has 0 aliphatic heterocycles. The van der Waals surface area contributed by atoms with E-state index in [-0.39, 0.29) is 16.1 Å². The summed E-state index contributed by atoms with van der Waals surface area (Å²) in [5.74, 6) is 0. The van der Waals surface area contributed by atoms with Gasteiger partial charge in [-0.2, -0.15) is 14.7 Å². The quantitative estimate of drug-likeness (QED) is 0.393. The molecule has 0 aliphatic rings. The third kappa shape index (κ3) is 4.97. The standard InChI is InChI=1S/C28H36O3P/c1-18-12-14-20(23(16-18)27(3,4)5)21-10-9-11-25(32(29,30)31)26(21)22-15-13-19(2)17-24(22)28(6,7)8/h9-17,29-31H,1-8H3/q+1. The Balaban J connectivity index is 2.51. The first-order valence-electron chi connectivity index (χ1n) is 11.0. The predicted octanol–water partition coefficient (Wildman–Crippen LogP) is 6.60. The summed E-state index contributed by atoms with van der Waals surface area (Å²) < 4.78 is 0. The van der Waals surface area contributed by atoms with Gasteiger partial charge in [0.25, 0.3) is 0 Å². The van der Waals surface area contributed by atoms with E-state index in [9.17, 15) is 14.7 Å². The third-order valence-corrected chi connectivity index (χ3v) is 6.91. The van der Waals surface area contributed by atoms with Gasteiger partial charge in [0.15, 0.2) is 5.30 Å². The van der Waals surface area contributed by atoms with Crippen LogP contribution < -0.4 is 5.30 Å². The zero-order chi connectivity index (χ0) is 24.1. The van der Waals surface area contributed by atoms with Gasteiger partial charge in [0.1, 0.15) is 0 Å². The molecule has 4 heteroatoms. The molecule has 3 nitrogen and oxygen atoms in total. The predicted molar refractivity (Wildman–Crippen MR) is 137 cm³/mol. The molecule has 3 rings (SSSR count). The number of benzene rings is 3. The highest BCUT2D eigenvalue weighted by Gasteiger charge is 2.40. The smallest absolute Gasteiger partial charge is 0.189 e. The van der Waals surface area contributed by atoms with Crippen LogP contribution in [0.1, 0.15) is 63.8 Å².